The molecule has 2 amide bonds. The summed E-state index contributed by atoms with van der Waals surface area (Å²) in [5.41, 5.74) is 0. The van der Waals surface area contributed by atoms with Gasteiger partial charge in [-0.05, 0) is 39.5 Å². The maximum Gasteiger partial charge on any atom is 0.239 e. The van der Waals surface area contributed by atoms with Crippen molar-refractivity contribution in [1.82, 2.24) is 20.0 Å². The Labute approximate surface area is 146 Å². The fourth-order valence-corrected chi connectivity index (χ4v) is 3.53. The van der Waals surface area contributed by atoms with E-state index >= 15 is 0 Å². The molecule has 6 nitrogen and oxygen atoms in total. The minimum atomic E-state index is -0.0509. The van der Waals surface area contributed by atoms with Gasteiger partial charge in [-0.3, -0.25) is 19.4 Å². The summed E-state index contributed by atoms with van der Waals surface area (Å²) >= 11 is 0. The molecule has 0 aromatic heterocycles. The summed E-state index contributed by atoms with van der Waals surface area (Å²) < 4.78 is 0. The van der Waals surface area contributed by atoms with Crippen LogP contribution in [-0.2, 0) is 9.59 Å². The van der Waals surface area contributed by atoms with E-state index in [1.54, 1.807) is 0 Å². The van der Waals surface area contributed by atoms with E-state index in [2.05, 4.69) is 22.0 Å². The SMILES string of the molecule is CC1CCN(C(=O)C(C)N2CCN(CC(=O)NC(C)C)CC2)CC1. The first-order valence-corrected chi connectivity index (χ1v) is 9.41. The van der Waals surface area contributed by atoms with E-state index in [1.807, 2.05) is 25.7 Å². The van der Waals surface area contributed by atoms with Crippen LogP contribution in [0.3, 0.4) is 0 Å². The zero-order valence-corrected chi connectivity index (χ0v) is 15.8. The van der Waals surface area contributed by atoms with Crippen LogP contribution < -0.4 is 5.32 Å². The molecule has 0 bridgehead atoms. The molecule has 0 aliphatic carbocycles. The van der Waals surface area contributed by atoms with Gasteiger partial charge in [-0.1, -0.05) is 6.92 Å². The summed E-state index contributed by atoms with van der Waals surface area (Å²) in [6.45, 7) is 13.9. The van der Waals surface area contributed by atoms with Gasteiger partial charge in [-0.25, -0.2) is 0 Å². The minimum Gasteiger partial charge on any atom is -0.353 e. The highest BCUT2D eigenvalue weighted by Crippen LogP contribution is 2.18. The molecule has 0 spiro atoms. The van der Waals surface area contributed by atoms with Crippen LogP contribution in [0.5, 0.6) is 0 Å². The van der Waals surface area contributed by atoms with Crippen LogP contribution >= 0.6 is 0 Å². The van der Waals surface area contributed by atoms with Crippen LogP contribution in [0.2, 0.25) is 0 Å². The van der Waals surface area contributed by atoms with E-state index in [0.717, 1.165) is 58.0 Å². The normalized spacial score (nSPS) is 22.6. The Morgan fingerprint density at radius 1 is 1.00 bits per heavy atom. The molecule has 0 radical (unpaired) electrons. The maximum atomic E-state index is 12.7. The van der Waals surface area contributed by atoms with Crippen LogP contribution in [0.25, 0.3) is 0 Å². The Hall–Kier alpha value is -1.14. The molecule has 6 heteroatoms. The van der Waals surface area contributed by atoms with E-state index in [4.69, 9.17) is 0 Å². The molecule has 0 saturated carbocycles. The Kier molecular flexibility index (Phi) is 7.04. The van der Waals surface area contributed by atoms with E-state index in [-0.39, 0.29) is 23.9 Å². The average Bonchev–Trinajstić information content (AvgIpc) is 2.54. The fourth-order valence-electron chi connectivity index (χ4n) is 3.53. The van der Waals surface area contributed by atoms with Crippen molar-refractivity contribution in [1.29, 1.82) is 0 Å². The van der Waals surface area contributed by atoms with Gasteiger partial charge in [0.1, 0.15) is 0 Å². The van der Waals surface area contributed by atoms with Gasteiger partial charge in [0.05, 0.1) is 12.6 Å². The molecule has 0 aromatic carbocycles. The molecule has 2 saturated heterocycles. The second-order valence-corrected chi connectivity index (χ2v) is 7.72. The second-order valence-electron chi connectivity index (χ2n) is 7.72. The van der Waals surface area contributed by atoms with Crippen LogP contribution in [0.15, 0.2) is 0 Å². The average molecular weight is 338 g/mol. The molecule has 2 rings (SSSR count). The number of carbonyl (C=O) groups is 2. The Morgan fingerprint density at radius 2 is 1.58 bits per heavy atom. The van der Waals surface area contributed by atoms with Crippen LogP contribution in [0, 0.1) is 5.92 Å². The van der Waals surface area contributed by atoms with E-state index in [9.17, 15) is 9.59 Å². The molecule has 1 N–H and O–H groups in total. The zero-order chi connectivity index (χ0) is 17.7. The molecule has 2 aliphatic heterocycles. The van der Waals surface area contributed by atoms with Crippen molar-refractivity contribution in [2.45, 2.75) is 52.6 Å². The number of likely N-dealkylation sites (tertiary alicyclic amines) is 1. The fraction of sp³-hybridized carbons (Fsp3) is 0.889. The molecule has 1 atom stereocenters. The van der Waals surface area contributed by atoms with E-state index in [1.165, 1.54) is 0 Å². The molecule has 1 unspecified atom stereocenters. The predicted molar refractivity (Wildman–Crippen MR) is 95.7 cm³/mol. The first kappa shape index (κ1) is 19.2. The molecule has 2 aliphatic rings. The molecule has 24 heavy (non-hydrogen) atoms. The second kappa shape index (κ2) is 8.81. The number of amides is 2. The van der Waals surface area contributed by atoms with Crippen molar-refractivity contribution in [2.75, 3.05) is 45.8 Å². The monoisotopic (exact) mass is 338 g/mol. The molecule has 138 valence electrons. The number of piperidine rings is 1. The lowest BCUT2D eigenvalue weighted by molar-refractivity contribution is -0.138. The zero-order valence-electron chi connectivity index (χ0n) is 15.8. The van der Waals surface area contributed by atoms with Crippen LogP contribution in [0.1, 0.15) is 40.5 Å². The Bertz CT molecular complexity index is 425. The summed E-state index contributed by atoms with van der Waals surface area (Å²) in [5.74, 6) is 1.10. The molecular weight excluding hydrogens is 304 g/mol. The van der Waals surface area contributed by atoms with Gasteiger partial charge in [0.2, 0.25) is 11.8 Å². The van der Waals surface area contributed by atoms with Crippen LogP contribution in [-0.4, -0.2) is 84.4 Å². The standard InChI is InChI=1S/C18H34N4O2/c1-14(2)19-17(23)13-20-9-11-21(12-10-20)16(4)18(24)22-7-5-15(3)6-8-22/h14-16H,5-13H2,1-4H3,(H,19,23). The third kappa shape index (κ3) is 5.45. The lowest BCUT2D eigenvalue weighted by Gasteiger charge is -2.40. The number of rotatable bonds is 5. The van der Waals surface area contributed by atoms with Crippen molar-refractivity contribution in [3.8, 4) is 0 Å². The number of nitrogens with one attached hydrogen (secondary N) is 1. The number of nitrogens with zero attached hydrogens (tertiary/aromatic N) is 3. The predicted octanol–water partition coefficient (Wildman–Crippen LogP) is 0.776. The summed E-state index contributed by atoms with van der Waals surface area (Å²) in [6, 6.07) is 0.133. The molecular formula is C18H34N4O2. The van der Waals surface area contributed by atoms with Crippen LogP contribution in [0.4, 0.5) is 0 Å². The Balaban J connectivity index is 1.75. The number of carbonyl (C=O) groups excluding carboxylic acids is 2. The highest BCUT2D eigenvalue weighted by molar-refractivity contribution is 5.81. The van der Waals surface area contributed by atoms with Gasteiger partial charge < -0.3 is 10.2 Å². The van der Waals surface area contributed by atoms with Crippen molar-refractivity contribution in [3.05, 3.63) is 0 Å². The summed E-state index contributed by atoms with van der Waals surface area (Å²) in [6.07, 6.45) is 2.24. The first-order valence-electron chi connectivity index (χ1n) is 9.41. The van der Waals surface area contributed by atoms with Gasteiger partial charge in [-0.15, -0.1) is 0 Å². The first-order chi connectivity index (χ1) is 11.4. The van der Waals surface area contributed by atoms with Crippen molar-refractivity contribution in [2.24, 2.45) is 5.92 Å². The lowest BCUT2D eigenvalue weighted by Crippen LogP contribution is -2.56. The van der Waals surface area contributed by atoms with Gasteiger partial charge >= 0.3 is 0 Å². The molecule has 0 aromatic rings. The highest BCUT2D eigenvalue weighted by atomic mass is 16.2. The minimum absolute atomic E-state index is 0.0509. The smallest absolute Gasteiger partial charge is 0.239 e. The van der Waals surface area contributed by atoms with Gasteiger partial charge in [0.15, 0.2) is 0 Å². The largest absolute Gasteiger partial charge is 0.353 e. The topological polar surface area (TPSA) is 55.9 Å². The van der Waals surface area contributed by atoms with E-state index in [0.29, 0.717) is 6.54 Å². The third-order valence-corrected chi connectivity index (χ3v) is 5.22. The number of hydrogen-bond donors (Lipinski definition) is 1. The van der Waals surface area contributed by atoms with Gasteiger partial charge in [0, 0.05) is 45.3 Å². The third-order valence-electron chi connectivity index (χ3n) is 5.22. The summed E-state index contributed by atoms with van der Waals surface area (Å²) in [4.78, 5) is 31.0. The Morgan fingerprint density at radius 3 is 2.12 bits per heavy atom. The van der Waals surface area contributed by atoms with E-state index < -0.39 is 0 Å². The number of piperazine rings is 1. The maximum absolute atomic E-state index is 12.7. The highest BCUT2D eigenvalue weighted by Gasteiger charge is 2.30. The number of hydrogen-bond acceptors (Lipinski definition) is 4. The lowest BCUT2D eigenvalue weighted by atomic mass is 9.98. The quantitative estimate of drug-likeness (QED) is 0.805. The van der Waals surface area contributed by atoms with Crippen molar-refractivity contribution >= 4 is 11.8 Å². The van der Waals surface area contributed by atoms with Crippen molar-refractivity contribution < 1.29 is 9.59 Å². The summed E-state index contributed by atoms with van der Waals surface area (Å²) in [7, 11) is 0. The van der Waals surface area contributed by atoms with Gasteiger partial charge in [-0.2, -0.15) is 0 Å². The summed E-state index contributed by atoms with van der Waals surface area (Å²) in [5, 5.41) is 2.93. The molecule has 2 fully saturated rings. The molecule has 2 heterocycles. The van der Waals surface area contributed by atoms with Gasteiger partial charge in [0.25, 0.3) is 0 Å². The van der Waals surface area contributed by atoms with Crippen molar-refractivity contribution in [3.63, 3.8) is 0 Å².